The fourth-order valence-corrected chi connectivity index (χ4v) is 2.13. The SMILES string of the molecule is CCCCc1ccc(OC(=O)C=Cc2ccc(OC)cc2)cc1. The number of benzene rings is 2. The lowest BCUT2D eigenvalue weighted by molar-refractivity contribution is -0.128. The second kappa shape index (κ2) is 8.79. The van der Waals surface area contributed by atoms with Crippen molar-refractivity contribution in [2.45, 2.75) is 26.2 Å². The van der Waals surface area contributed by atoms with Gasteiger partial charge in [-0.15, -0.1) is 0 Å². The van der Waals surface area contributed by atoms with Gasteiger partial charge >= 0.3 is 5.97 Å². The molecule has 2 aromatic carbocycles. The summed E-state index contributed by atoms with van der Waals surface area (Å²) in [6.07, 6.45) is 6.54. The van der Waals surface area contributed by atoms with Crippen molar-refractivity contribution in [1.29, 1.82) is 0 Å². The van der Waals surface area contributed by atoms with Gasteiger partial charge in [0.1, 0.15) is 11.5 Å². The maximum atomic E-state index is 11.8. The van der Waals surface area contributed by atoms with Gasteiger partial charge in [0.25, 0.3) is 0 Å². The number of hydrogen-bond acceptors (Lipinski definition) is 3. The van der Waals surface area contributed by atoms with Crippen LogP contribution in [0.1, 0.15) is 30.9 Å². The smallest absolute Gasteiger partial charge is 0.336 e. The van der Waals surface area contributed by atoms with E-state index in [1.165, 1.54) is 24.5 Å². The summed E-state index contributed by atoms with van der Waals surface area (Å²) in [6.45, 7) is 2.17. The number of methoxy groups -OCH3 is 1. The van der Waals surface area contributed by atoms with Crippen molar-refractivity contribution < 1.29 is 14.3 Å². The number of hydrogen-bond donors (Lipinski definition) is 0. The van der Waals surface area contributed by atoms with E-state index in [-0.39, 0.29) is 5.97 Å². The van der Waals surface area contributed by atoms with Gasteiger partial charge in [0.05, 0.1) is 7.11 Å². The first-order valence-electron chi connectivity index (χ1n) is 7.84. The molecule has 0 fully saturated rings. The molecule has 3 nitrogen and oxygen atoms in total. The van der Waals surface area contributed by atoms with Crippen molar-refractivity contribution in [2.75, 3.05) is 7.11 Å². The van der Waals surface area contributed by atoms with Crippen LogP contribution < -0.4 is 9.47 Å². The summed E-state index contributed by atoms with van der Waals surface area (Å²) in [5, 5.41) is 0. The van der Waals surface area contributed by atoms with E-state index < -0.39 is 0 Å². The van der Waals surface area contributed by atoms with E-state index in [1.807, 2.05) is 48.5 Å². The van der Waals surface area contributed by atoms with Gasteiger partial charge in [-0.25, -0.2) is 4.79 Å². The highest BCUT2D eigenvalue weighted by Gasteiger charge is 2.01. The van der Waals surface area contributed by atoms with Crippen molar-refractivity contribution in [1.82, 2.24) is 0 Å². The monoisotopic (exact) mass is 310 g/mol. The molecule has 0 amide bonds. The van der Waals surface area contributed by atoms with Crippen LogP contribution in [0.15, 0.2) is 54.6 Å². The summed E-state index contributed by atoms with van der Waals surface area (Å²) in [5.41, 5.74) is 2.18. The van der Waals surface area contributed by atoms with Gasteiger partial charge in [-0.2, -0.15) is 0 Å². The zero-order valence-electron chi connectivity index (χ0n) is 13.6. The average molecular weight is 310 g/mol. The van der Waals surface area contributed by atoms with Gasteiger partial charge in [0, 0.05) is 6.08 Å². The number of ether oxygens (including phenoxy) is 2. The lowest BCUT2D eigenvalue weighted by Gasteiger charge is -2.03. The van der Waals surface area contributed by atoms with Crippen LogP contribution in [-0.2, 0) is 11.2 Å². The minimum Gasteiger partial charge on any atom is -0.497 e. The summed E-state index contributed by atoms with van der Waals surface area (Å²) in [6, 6.07) is 15.1. The maximum absolute atomic E-state index is 11.8. The minimum atomic E-state index is -0.387. The topological polar surface area (TPSA) is 35.5 Å². The Bertz CT molecular complexity index is 640. The fourth-order valence-electron chi connectivity index (χ4n) is 2.13. The first kappa shape index (κ1) is 16.8. The van der Waals surface area contributed by atoms with E-state index in [0.717, 1.165) is 17.7 Å². The van der Waals surface area contributed by atoms with Crippen LogP contribution in [0, 0.1) is 0 Å². The van der Waals surface area contributed by atoms with Crippen molar-refractivity contribution >= 4 is 12.0 Å². The quantitative estimate of drug-likeness (QED) is 0.424. The van der Waals surface area contributed by atoms with Crippen LogP contribution in [0.4, 0.5) is 0 Å². The highest BCUT2D eigenvalue weighted by molar-refractivity contribution is 5.88. The van der Waals surface area contributed by atoms with Gasteiger partial charge in [0.15, 0.2) is 0 Å². The molecule has 0 aromatic heterocycles. The summed E-state index contributed by atoms with van der Waals surface area (Å²) in [5.74, 6) is 0.963. The Morgan fingerprint density at radius 3 is 2.26 bits per heavy atom. The molecule has 0 saturated heterocycles. The van der Waals surface area contributed by atoms with E-state index in [0.29, 0.717) is 5.75 Å². The van der Waals surface area contributed by atoms with Gasteiger partial charge < -0.3 is 9.47 Å². The molecule has 120 valence electrons. The van der Waals surface area contributed by atoms with Crippen LogP contribution in [0.3, 0.4) is 0 Å². The summed E-state index contributed by atoms with van der Waals surface area (Å²) in [7, 11) is 1.62. The molecule has 0 heterocycles. The first-order valence-corrected chi connectivity index (χ1v) is 7.84. The molecule has 2 aromatic rings. The van der Waals surface area contributed by atoms with Crippen LogP contribution >= 0.6 is 0 Å². The normalized spacial score (nSPS) is 10.7. The van der Waals surface area contributed by atoms with Crippen LogP contribution in [0.5, 0.6) is 11.5 Å². The predicted molar refractivity (Wildman–Crippen MR) is 92.7 cm³/mol. The number of aryl methyl sites for hydroxylation is 1. The zero-order valence-corrected chi connectivity index (χ0v) is 13.6. The Balaban J connectivity index is 1.89. The van der Waals surface area contributed by atoms with Crippen molar-refractivity contribution in [3.8, 4) is 11.5 Å². The van der Waals surface area contributed by atoms with Gasteiger partial charge in [0.2, 0.25) is 0 Å². The predicted octanol–water partition coefficient (Wildman–Crippen LogP) is 4.66. The van der Waals surface area contributed by atoms with E-state index in [9.17, 15) is 4.79 Å². The molecule has 0 spiro atoms. The Kier molecular flexibility index (Phi) is 6.42. The van der Waals surface area contributed by atoms with Crippen molar-refractivity contribution in [3.05, 3.63) is 65.7 Å². The summed E-state index contributed by atoms with van der Waals surface area (Å²) >= 11 is 0. The number of esters is 1. The zero-order chi connectivity index (χ0) is 16.5. The number of unbranched alkanes of at least 4 members (excludes halogenated alkanes) is 1. The molecule has 0 aliphatic rings. The van der Waals surface area contributed by atoms with E-state index in [2.05, 4.69) is 6.92 Å². The number of carbonyl (C=O) groups excluding carboxylic acids is 1. The number of rotatable bonds is 7. The standard InChI is InChI=1S/C20H22O3/c1-3-4-5-16-8-13-19(14-9-16)23-20(21)15-10-17-6-11-18(22-2)12-7-17/h6-15H,3-5H2,1-2H3. The van der Waals surface area contributed by atoms with E-state index in [4.69, 9.17) is 9.47 Å². The summed E-state index contributed by atoms with van der Waals surface area (Å²) < 4.78 is 10.4. The lowest BCUT2D eigenvalue weighted by atomic mass is 10.1. The molecule has 0 saturated carbocycles. The fraction of sp³-hybridized carbons (Fsp3) is 0.250. The summed E-state index contributed by atoms with van der Waals surface area (Å²) in [4.78, 5) is 11.8. The lowest BCUT2D eigenvalue weighted by Crippen LogP contribution is -2.03. The molecule has 0 unspecified atom stereocenters. The molecule has 23 heavy (non-hydrogen) atoms. The molecule has 0 bridgehead atoms. The largest absolute Gasteiger partial charge is 0.497 e. The minimum absolute atomic E-state index is 0.387. The second-order valence-corrected chi connectivity index (χ2v) is 5.28. The van der Waals surface area contributed by atoms with E-state index >= 15 is 0 Å². The van der Waals surface area contributed by atoms with Gasteiger partial charge in [-0.05, 0) is 54.3 Å². The molecule has 3 heteroatoms. The Hall–Kier alpha value is -2.55. The Morgan fingerprint density at radius 2 is 1.65 bits per heavy atom. The van der Waals surface area contributed by atoms with Gasteiger partial charge in [-0.3, -0.25) is 0 Å². The number of carbonyl (C=O) groups is 1. The highest BCUT2D eigenvalue weighted by atomic mass is 16.5. The average Bonchev–Trinajstić information content (AvgIpc) is 2.60. The molecule has 0 aliphatic heterocycles. The Labute approximate surface area is 137 Å². The van der Waals surface area contributed by atoms with Crippen molar-refractivity contribution in [2.24, 2.45) is 0 Å². The van der Waals surface area contributed by atoms with Crippen LogP contribution in [0.25, 0.3) is 6.08 Å². The van der Waals surface area contributed by atoms with Gasteiger partial charge in [-0.1, -0.05) is 37.6 Å². The highest BCUT2D eigenvalue weighted by Crippen LogP contribution is 2.15. The third-order valence-electron chi connectivity index (χ3n) is 3.49. The molecule has 2 rings (SSSR count). The Morgan fingerprint density at radius 1 is 1.00 bits per heavy atom. The van der Waals surface area contributed by atoms with Crippen LogP contribution in [0.2, 0.25) is 0 Å². The van der Waals surface area contributed by atoms with Crippen LogP contribution in [-0.4, -0.2) is 13.1 Å². The second-order valence-electron chi connectivity index (χ2n) is 5.28. The molecule has 0 radical (unpaired) electrons. The van der Waals surface area contributed by atoms with E-state index in [1.54, 1.807) is 13.2 Å². The third-order valence-corrected chi connectivity index (χ3v) is 3.49. The molecule has 0 atom stereocenters. The molecular formula is C20H22O3. The maximum Gasteiger partial charge on any atom is 0.336 e. The molecule has 0 aliphatic carbocycles. The molecular weight excluding hydrogens is 288 g/mol. The van der Waals surface area contributed by atoms with Crippen molar-refractivity contribution in [3.63, 3.8) is 0 Å². The third kappa shape index (κ3) is 5.62. The molecule has 0 N–H and O–H groups in total. The first-order chi connectivity index (χ1) is 11.2.